The highest BCUT2D eigenvalue weighted by Gasteiger charge is 2.22. The minimum Gasteiger partial charge on any atom is -0.384 e. The first kappa shape index (κ1) is 21.6. The fourth-order valence-corrected chi connectivity index (χ4v) is 3.87. The molecule has 2 N–H and O–H groups in total. The average molecular weight is 400 g/mol. The van der Waals surface area contributed by atoms with Crippen LogP contribution in [0.4, 0.5) is 5.69 Å². The molecule has 0 aromatic carbocycles. The predicted octanol–water partition coefficient (Wildman–Crippen LogP) is 4.50. The molecular weight excluding hydrogens is 362 g/mol. The fraction of sp³-hybridized carbons (Fsp3) is 0.652. The summed E-state index contributed by atoms with van der Waals surface area (Å²) in [5.74, 6) is 0.982. The number of hydrogen-bond acceptors (Lipinski definition) is 5. The molecule has 0 radical (unpaired) electrons. The number of fused-ring (bicyclic) bond motifs is 1. The SMILES string of the molecule is C=C(NCc1c(CC)nc2c(cnn2CC)c1NC1CCOCC1)C(C)C(C)C. The number of allylic oxidation sites excluding steroid dienone is 1. The van der Waals surface area contributed by atoms with Gasteiger partial charge in [0.1, 0.15) is 0 Å². The van der Waals surface area contributed by atoms with Crippen molar-refractivity contribution < 1.29 is 4.74 Å². The van der Waals surface area contributed by atoms with Gasteiger partial charge in [-0.3, -0.25) is 0 Å². The molecule has 2 aromatic rings. The van der Waals surface area contributed by atoms with Crippen molar-refractivity contribution >= 4 is 16.7 Å². The van der Waals surface area contributed by atoms with Crippen LogP contribution in [0.3, 0.4) is 0 Å². The van der Waals surface area contributed by atoms with Crippen molar-refractivity contribution in [2.45, 2.75) is 73.0 Å². The minimum absolute atomic E-state index is 0.417. The summed E-state index contributed by atoms with van der Waals surface area (Å²) in [7, 11) is 0. The molecule has 0 aliphatic carbocycles. The number of ether oxygens (including phenoxy) is 1. The van der Waals surface area contributed by atoms with Crippen LogP contribution in [0.5, 0.6) is 0 Å². The number of aromatic nitrogens is 3. The first-order chi connectivity index (χ1) is 14.0. The van der Waals surface area contributed by atoms with Crippen LogP contribution >= 0.6 is 0 Å². The van der Waals surface area contributed by atoms with Crippen LogP contribution in [0.1, 0.15) is 58.7 Å². The molecule has 6 heteroatoms. The zero-order valence-corrected chi connectivity index (χ0v) is 18.7. The highest BCUT2D eigenvalue weighted by Crippen LogP contribution is 2.31. The maximum absolute atomic E-state index is 5.56. The molecule has 1 atom stereocenters. The Bertz CT molecular complexity index is 835. The molecule has 3 rings (SSSR count). The Labute approximate surface area is 175 Å². The molecule has 0 spiro atoms. The van der Waals surface area contributed by atoms with Gasteiger partial charge in [0.25, 0.3) is 0 Å². The van der Waals surface area contributed by atoms with Crippen molar-refractivity contribution in [2.24, 2.45) is 11.8 Å². The molecule has 2 aromatic heterocycles. The van der Waals surface area contributed by atoms with E-state index in [9.17, 15) is 0 Å². The van der Waals surface area contributed by atoms with Crippen LogP contribution in [0.25, 0.3) is 11.0 Å². The molecule has 1 saturated heterocycles. The van der Waals surface area contributed by atoms with E-state index in [1.807, 2.05) is 10.9 Å². The normalized spacial score (nSPS) is 16.3. The third kappa shape index (κ3) is 4.74. The second-order valence-corrected chi connectivity index (χ2v) is 8.41. The monoisotopic (exact) mass is 399 g/mol. The summed E-state index contributed by atoms with van der Waals surface area (Å²) in [6.07, 6.45) is 4.90. The van der Waals surface area contributed by atoms with Gasteiger partial charge in [0.15, 0.2) is 5.65 Å². The van der Waals surface area contributed by atoms with Crippen molar-refractivity contribution in [3.8, 4) is 0 Å². The Hall–Kier alpha value is -2.08. The van der Waals surface area contributed by atoms with E-state index in [0.717, 1.165) is 68.0 Å². The first-order valence-corrected chi connectivity index (χ1v) is 11.1. The van der Waals surface area contributed by atoms with Gasteiger partial charge in [-0.25, -0.2) is 9.67 Å². The van der Waals surface area contributed by atoms with Gasteiger partial charge in [0.2, 0.25) is 0 Å². The molecule has 1 aliphatic rings. The summed E-state index contributed by atoms with van der Waals surface area (Å²) in [5.41, 5.74) is 5.59. The van der Waals surface area contributed by atoms with Gasteiger partial charge >= 0.3 is 0 Å². The second-order valence-electron chi connectivity index (χ2n) is 8.41. The quantitative estimate of drug-likeness (QED) is 0.650. The number of anilines is 1. The average Bonchev–Trinajstić information content (AvgIpc) is 3.15. The maximum atomic E-state index is 5.56. The van der Waals surface area contributed by atoms with Gasteiger partial charge in [-0.1, -0.05) is 34.3 Å². The molecule has 0 amide bonds. The van der Waals surface area contributed by atoms with Gasteiger partial charge in [0, 0.05) is 49.3 Å². The number of nitrogens with zero attached hydrogens (tertiary/aromatic N) is 3. The number of hydrogen-bond donors (Lipinski definition) is 2. The standard InChI is InChI=1S/C23H37N5O/c1-7-21-19(13-24-17(6)16(5)15(3)4)22(26-18-9-11-29-12-10-18)20-14-25-28(8-2)23(20)27-21/h14-16,18,24H,6-13H2,1-5H3,(H,26,27). The van der Waals surface area contributed by atoms with Crippen LogP contribution in [0.2, 0.25) is 0 Å². The molecule has 1 aliphatic heterocycles. The summed E-state index contributed by atoms with van der Waals surface area (Å²) in [6.45, 7) is 18.4. The van der Waals surface area contributed by atoms with Crippen molar-refractivity contribution in [3.05, 3.63) is 29.7 Å². The van der Waals surface area contributed by atoms with E-state index in [1.54, 1.807) is 0 Å². The number of rotatable bonds is 9. The van der Waals surface area contributed by atoms with Crippen LogP contribution in [-0.2, 0) is 24.2 Å². The minimum atomic E-state index is 0.417. The van der Waals surface area contributed by atoms with Gasteiger partial charge in [-0.05, 0) is 38.0 Å². The van der Waals surface area contributed by atoms with Gasteiger partial charge in [-0.15, -0.1) is 0 Å². The van der Waals surface area contributed by atoms with Gasteiger partial charge < -0.3 is 15.4 Å². The van der Waals surface area contributed by atoms with Crippen LogP contribution in [0, 0.1) is 11.8 Å². The Balaban J connectivity index is 1.98. The third-order valence-corrected chi connectivity index (χ3v) is 6.22. The summed E-state index contributed by atoms with van der Waals surface area (Å²) in [5, 5.41) is 13.1. The topological polar surface area (TPSA) is 64.0 Å². The van der Waals surface area contributed by atoms with E-state index < -0.39 is 0 Å². The Morgan fingerprint density at radius 3 is 2.62 bits per heavy atom. The Morgan fingerprint density at radius 1 is 1.28 bits per heavy atom. The predicted molar refractivity (Wildman–Crippen MR) is 120 cm³/mol. The van der Waals surface area contributed by atoms with Crippen molar-refractivity contribution in [1.82, 2.24) is 20.1 Å². The molecule has 0 bridgehead atoms. The molecule has 160 valence electrons. The van der Waals surface area contributed by atoms with Gasteiger partial charge in [-0.2, -0.15) is 5.10 Å². The maximum Gasteiger partial charge on any atom is 0.160 e. The lowest BCUT2D eigenvalue weighted by Crippen LogP contribution is -2.29. The summed E-state index contributed by atoms with van der Waals surface area (Å²) < 4.78 is 7.54. The zero-order valence-electron chi connectivity index (χ0n) is 18.7. The largest absolute Gasteiger partial charge is 0.384 e. The number of nitrogens with one attached hydrogen (secondary N) is 2. The smallest absolute Gasteiger partial charge is 0.160 e. The lowest BCUT2D eigenvalue weighted by atomic mass is 9.95. The van der Waals surface area contributed by atoms with Crippen LogP contribution in [-0.4, -0.2) is 34.0 Å². The molecule has 6 nitrogen and oxygen atoms in total. The summed E-state index contributed by atoms with van der Waals surface area (Å²) in [4.78, 5) is 5.00. The summed E-state index contributed by atoms with van der Waals surface area (Å²) >= 11 is 0. The zero-order chi connectivity index (χ0) is 21.0. The van der Waals surface area contributed by atoms with E-state index >= 15 is 0 Å². The van der Waals surface area contributed by atoms with E-state index in [-0.39, 0.29) is 0 Å². The first-order valence-electron chi connectivity index (χ1n) is 11.1. The van der Waals surface area contributed by atoms with Gasteiger partial charge in [0.05, 0.1) is 17.3 Å². The Kier molecular flexibility index (Phi) is 7.17. The molecule has 29 heavy (non-hydrogen) atoms. The van der Waals surface area contributed by atoms with E-state index in [4.69, 9.17) is 9.72 Å². The Morgan fingerprint density at radius 2 is 2.00 bits per heavy atom. The number of pyridine rings is 1. The van der Waals surface area contributed by atoms with Crippen molar-refractivity contribution in [2.75, 3.05) is 18.5 Å². The van der Waals surface area contributed by atoms with E-state index in [1.165, 1.54) is 11.3 Å². The highest BCUT2D eigenvalue weighted by molar-refractivity contribution is 5.91. The number of aryl methyl sites for hydroxylation is 2. The van der Waals surface area contributed by atoms with Crippen LogP contribution < -0.4 is 10.6 Å². The van der Waals surface area contributed by atoms with Crippen molar-refractivity contribution in [1.29, 1.82) is 0 Å². The summed E-state index contributed by atoms with van der Waals surface area (Å²) in [6, 6.07) is 0.417. The second kappa shape index (κ2) is 9.61. The van der Waals surface area contributed by atoms with E-state index in [0.29, 0.717) is 17.9 Å². The molecule has 1 fully saturated rings. The fourth-order valence-electron chi connectivity index (χ4n) is 3.87. The molecule has 1 unspecified atom stereocenters. The molecular formula is C23H37N5O. The molecule has 0 saturated carbocycles. The van der Waals surface area contributed by atoms with E-state index in [2.05, 4.69) is 56.9 Å². The van der Waals surface area contributed by atoms with Crippen molar-refractivity contribution in [3.63, 3.8) is 0 Å². The highest BCUT2D eigenvalue weighted by atomic mass is 16.5. The molecule has 3 heterocycles. The lowest BCUT2D eigenvalue weighted by molar-refractivity contribution is 0.0904. The third-order valence-electron chi connectivity index (χ3n) is 6.22. The van der Waals surface area contributed by atoms with Crippen LogP contribution in [0.15, 0.2) is 18.5 Å². The lowest BCUT2D eigenvalue weighted by Gasteiger charge is -2.27.